The molecule has 0 bridgehead atoms. The van der Waals surface area contributed by atoms with E-state index in [2.05, 4.69) is 0 Å². The summed E-state index contributed by atoms with van der Waals surface area (Å²) in [5, 5.41) is 0. The van der Waals surface area contributed by atoms with Crippen molar-refractivity contribution < 1.29 is 8.78 Å². The van der Waals surface area contributed by atoms with Gasteiger partial charge in [-0.3, -0.25) is 4.90 Å². The molecule has 0 saturated carbocycles. The monoisotopic (exact) mass is 192 g/mol. The maximum absolute atomic E-state index is 13.0. The summed E-state index contributed by atoms with van der Waals surface area (Å²) in [6.45, 7) is 6.49. The summed E-state index contributed by atoms with van der Waals surface area (Å²) in [5.74, 6) is -3.22. The van der Waals surface area contributed by atoms with E-state index in [0.29, 0.717) is 13.1 Å². The Bertz CT molecular complexity index is 181. The van der Waals surface area contributed by atoms with Crippen LogP contribution in [0.5, 0.6) is 0 Å². The van der Waals surface area contributed by atoms with E-state index in [4.69, 9.17) is 5.73 Å². The van der Waals surface area contributed by atoms with Gasteiger partial charge in [-0.25, -0.2) is 8.78 Å². The minimum atomic E-state index is -2.68. The van der Waals surface area contributed by atoms with Gasteiger partial charge in [0.05, 0.1) is 6.54 Å². The summed E-state index contributed by atoms with van der Waals surface area (Å²) < 4.78 is 26.0. The van der Waals surface area contributed by atoms with Crippen LogP contribution in [-0.2, 0) is 0 Å². The average Bonchev–Trinajstić information content (AvgIpc) is 1.79. The molecular weight excluding hydrogens is 174 g/mol. The topological polar surface area (TPSA) is 29.3 Å². The van der Waals surface area contributed by atoms with Crippen LogP contribution >= 0.6 is 0 Å². The average molecular weight is 192 g/mol. The van der Waals surface area contributed by atoms with Crippen LogP contribution < -0.4 is 5.73 Å². The van der Waals surface area contributed by atoms with Crippen molar-refractivity contribution in [2.24, 2.45) is 11.7 Å². The van der Waals surface area contributed by atoms with Crippen molar-refractivity contribution in [2.45, 2.75) is 32.2 Å². The smallest absolute Gasteiger partial charge is 0.265 e. The first-order chi connectivity index (χ1) is 5.77. The van der Waals surface area contributed by atoms with E-state index in [1.807, 2.05) is 25.7 Å². The SMILES string of the molecule is CC(C)(C)N1CC(C(F)(F)CN)C1. The second-order valence-electron chi connectivity index (χ2n) is 4.74. The van der Waals surface area contributed by atoms with Crippen LogP contribution in [0.15, 0.2) is 0 Å². The van der Waals surface area contributed by atoms with Gasteiger partial charge in [0.15, 0.2) is 0 Å². The molecular formula is C9H18F2N2. The summed E-state index contributed by atoms with van der Waals surface area (Å²) in [6, 6.07) is 0. The van der Waals surface area contributed by atoms with Gasteiger partial charge in [0.25, 0.3) is 5.92 Å². The lowest BCUT2D eigenvalue weighted by Crippen LogP contribution is -2.62. The molecule has 1 aliphatic rings. The molecule has 1 saturated heterocycles. The molecule has 4 heteroatoms. The van der Waals surface area contributed by atoms with E-state index in [-0.39, 0.29) is 5.54 Å². The highest BCUT2D eigenvalue weighted by molar-refractivity contribution is 4.95. The minimum absolute atomic E-state index is 0.00117. The zero-order chi connectivity index (χ0) is 10.3. The van der Waals surface area contributed by atoms with Crippen LogP contribution in [0.25, 0.3) is 0 Å². The van der Waals surface area contributed by atoms with Crippen LogP contribution in [-0.4, -0.2) is 36.0 Å². The Balaban J connectivity index is 2.42. The van der Waals surface area contributed by atoms with E-state index in [1.165, 1.54) is 0 Å². The number of rotatable bonds is 2. The molecule has 1 fully saturated rings. The lowest BCUT2D eigenvalue weighted by atomic mass is 9.88. The second kappa shape index (κ2) is 3.17. The molecule has 0 aromatic heterocycles. The zero-order valence-corrected chi connectivity index (χ0v) is 8.48. The van der Waals surface area contributed by atoms with E-state index in [9.17, 15) is 8.78 Å². The Labute approximate surface area is 78.1 Å². The van der Waals surface area contributed by atoms with Gasteiger partial charge in [-0.05, 0) is 20.8 Å². The van der Waals surface area contributed by atoms with Crippen LogP contribution in [0.1, 0.15) is 20.8 Å². The van der Waals surface area contributed by atoms with E-state index in [1.54, 1.807) is 0 Å². The maximum Gasteiger partial charge on any atom is 0.265 e. The van der Waals surface area contributed by atoms with Crippen molar-refractivity contribution >= 4 is 0 Å². The third kappa shape index (κ3) is 2.17. The van der Waals surface area contributed by atoms with E-state index >= 15 is 0 Å². The van der Waals surface area contributed by atoms with Gasteiger partial charge in [-0.1, -0.05) is 0 Å². The number of likely N-dealkylation sites (tertiary alicyclic amines) is 1. The highest BCUT2D eigenvalue weighted by atomic mass is 19.3. The van der Waals surface area contributed by atoms with Crippen LogP contribution in [0.3, 0.4) is 0 Å². The van der Waals surface area contributed by atoms with Crippen molar-refractivity contribution in [3.63, 3.8) is 0 Å². The number of hydrogen-bond donors (Lipinski definition) is 1. The Hall–Kier alpha value is -0.220. The van der Waals surface area contributed by atoms with Gasteiger partial charge in [0.2, 0.25) is 0 Å². The molecule has 0 aromatic carbocycles. The first kappa shape index (κ1) is 10.9. The van der Waals surface area contributed by atoms with Crippen molar-refractivity contribution in [3.8, 4) is 0 Å². The first-order valence-electron chi connectivity index (χ1n) is 4.60. The number of nitrogens with zero attached hydrogens (tertiary/aromatic N) is 1. The predicted octanol–water partition coefficient (Wildman–Crippen LogP) is 1.31. The standard InChI is InChI=1S/C9H18F2N2/c1-8(2,3)13-4-7(5-13)9(10,11)6-12/h7H,4-6,12H2,1-3H3. The summed E-state index contributed by atoms with van der Waals surface area (Å²) in [7, 11) is 0. The van der Waals surface area contributed by atoms with Crippen LogP contribution in [0.4, 0.5) is 8.78 Å². The predicted molar refractivity (Wildman–Crippen MR) is 48.8 cm³/mol. The van der Waals surface area contributed by atoms with Gasteiger partial charge < -0.3 is 5.73 Å². The van der Waals surface area contributed by atoms with Gasteiger partial charge in [-0.15, -0.1) is 0 Å². The molecule has 0 radical (unpaired) electrons. The number of nitrogens with two attached hydrogens (primary N) is 1. The minimum Gasteiger partial charge on any atom is -0.325 e. The molecule has 2 N–H and O–H groups in total. The second-order valence-corrected chi connectivity index (χ2v) is 4.74. The Kier molecular flexibility index (Phi) is 2.65. The molecule has 1 heterocycles. The number of hydrogen-bond acceptors (Lipinski definition) is 2. The highest BCUT2D eigenvalue weighted by Crippen LogP contribution is 2.35. The molecule has 78 valence electrons. The third-order valence-corrected chi connectivity index (χ3v) is 2.70. The fourth-order valence-corrected chi connectivity index (χ4v) is 1.46. The van der Waals surface area contributed by atoms with Gasteiger partial charge in [-0.2, -0.15) is 0 Å². The zero-order valence-electron chi connectivity index (χ0n) is 8.48. The lowest BCUT2D eigenvalue weighted by Gasteiger charge is -2.49. The molecule has 0 atom stereocenters. The largest absolute Gasteiger partial charge is 0.325 e. The molecule has 0 aliphatic carbocycles. The van der Waals surface area contributed by atoms with Crippen LogP contribution in [0.2, 0.25) is 0 Å². The molecule has 0 amide bonds. The quantitative estimate of drug-likeness (QED) is 0.714. The van der Waals surface area contributed by atoms with Crippen molar-refractivity contribution in [1.82, 2.24) is 4.90 Å². The number of halogens is 2. The van der Waals surface area contributed by atoms with Crippen LogP contribution in [0, 0.1) is 5.92 Å². The molecule has 0 aromatic rings. The fourth-order valence-electron chi connectivity index (χ4n) is 1.46. The highest BCUT2D eigenvalue weighted by Gasteiger charge is 2.47. The third-order valence-electron chi connectivity index (χ3n) is 2.70. The molecule has 13 heavy (non-hydrogen) atoms. The molecule has 1 rings (SSSR count). The van der Waals surface area contributed by atoms with Crippen molar-refractivity contribution in [3.05, 3.63) is 0 Å². The summed E-state index contributed by atoms with van der Waals surface area (Å²) in [6.07, 6.45) is 0. The normalized spacial score (nSPS) is 21.7. The first-order valence-corrected chi connectivity index (χ1v) is 4.60. The Morgan fingerprint density at radius 1 is 1.31 bits per heavy atom. The fraction of sp³-hybridized carbons (Fsp3) is 1.00. The van der Waals surface area contributed by atoms with Crippen molar-refractivity contribution in [1.29, 1.82) is 0 Å². The molecule has 1 aliphatic heterocycles. The van der Waals surface area contributed by atoms with E-state index < -0.39 is 18.4 Å². The van der Waals surface area contributed by atoms with Crippen molar-refractivity contribution in [2.75, 3.05) is 19.6 Å². The summed E-state index contributed by atoms with van der Waals surface area (Å²) in [4.78, 5) is 2.04. The molecule has 0 unspecified atom stereocenters. The maximum atomic E-state index is 13.0. The Morgan fingerprint density at radius 3 is 2.08 bits per heavy atom. The summed E-state index contributed by atoms with van der Waals surface area (Å²) in [5.41, 5.74) is 5.00. The van der Waals surface area contributed by atoms with Gasteiger partial charge >= 0.3 is 0 Å². The molecule has 0 spiro atoms. The number of alkyl halides is 2. The van der Waals surface area contributed by atoms with Gasteiger partial charge in [0.1, 0.15) is 0 Å². The lowest BCUT2D eigenvalue weighted by molar-refractivity contribution is -0.130. The summed E-state index contributed by atoms with van der Waals surface area (Å²) >= 11 is 0. The molecule has 2 nitrogen and oxygen atoms in total. The van der Waals surface area contributed by atoms with Gasteiger partial charge in [0, 0.05) is 24.5 Å². The Morgan fingerprint density at radius 2 is 1.77 bits per heavy atom. The van der Waals surface area contributed by atoms with E-state index in [0.717, 1.165) is 0 Å².